The van der Waals surface area contributed by atoms with Crippen LogP contribution in [0.4, 0.5) is 11.5 Å². The average molecular weight is 546 g/mol. The van der Waals surface area contributed by atoms with Gasteiger partial charge in [0.15, 0.2) is 0 Å². The van der Waals surface area contributed by atoms with Crippen LogP contribution < -0.4 is 14.8 Å². The normalized spacial score (nSPS) is 14.9. The van der Waals surface area contributed by atoms with Gasteiger partial charge in [0.25, 0.3) is 15.9 Å². The van der Waals surface area contributed by atoms with E-state index < -0.39 is 26.0 Å². The summed E-state index contributed by atoms with van der Waals surface area (Å²) in [7, 11) is -6.14. The molecule has 2 N–H and O–H groups in total. The first-order chi connectivity index (χ1) is 17.7. The molecule has 0 radical (unpaired) electrons. The minimum Gasteiger partial charge on any atom is -0.481 e. The van der Waals surface area contributed by atoms with E-state index in [-0.39, 0.29) is 27.1 Å². The maximum Gasteiger partial charge on any atom is 0.263 e. The predicted molar refractivity (Wildman–Crippen MR) is 137 cm³/mol. The van der Waals surface area contributed by atoms with Crippen LogP contribution in [0.2, 0.25) is 0 Å². The molecular weight excluding hydrogens is 518 g/mol. The molecule has 1 aliphatic heterocycles. The zero-order valence-corrected chi connectivity index (χ0v) is 21.8. The van der Waals surface area contributed by atoms with Gasteiger partial charge in [0, 0.05) is 30.4 Å². The second kappa shape index (κ2) is 11.2. The Balaban J connectivity index is 1.41. The number of carbonyl (C=O) groups excluding carboxylic acids is 1. The molecule has 1 amide bonds. The number of carbonyl (C=O) groups is 1. The topological polar surface area (TPSA) is 148 Å². The van der Waals surface area contributed by atoms with Crippen LogP contribution in [0.5, 0.6) is 5.88 Å². The maximum absolute atomic E-state index is 12.9. The highest BCUT2D eigenvalue weighted by atomic mass is 32.2. The molecule has 13 heteroatoms. The Labute approximate surface area is 216 Å². The zero-order valence-electron chi connectivity index (χ0n) is 20.1. The number of hydrogen-bond donors (Lipinski definition) is 2. The van der Waals surface area contributed by atoms with Crippen LogP contribution in [-0.2, 0) is 20.0 Å². The number of hydrogen-bond acceptors (Lipinski definition) is 8. The lowest BCUT2D eigenvalue weighted by Gasteiger charge is -2.20. The van der Waals surface area contributed by atoms with E-state index in [1.165, 1.54) is 72.3 Å². The highest BCUT2D eigenvalue weighted by Gasteiger charge is 2.25. The van der Waals surface area contributed by atoms with Crippen molar-refractivity contribution in [2.24, 2.45) is 0 Å². The van der Waals surface area contributed by atoms with Crippen LogP contribution in [0, 0.1) is 0 Å². The van der Waals surface area contributed by atoms with E-state index in [0.29, 0.717) is 18.8 Å². The molecule has 0 bridgehead atoms. The summed E-state index contributed by atoms with van der Waals surface area (Å²) in [6, 6.07) is 12.7. The predicted octanol–water partition coefficient (Wildman–Crippen LogP) is 3.10. The van der Waals surface area contributed by atoms with Gasteiger partial charge in [-0.3, -0.25) is 9.52 Å². The van der Waals surface area contributed by atoms with Gasteiger partial charge in [-0.25, -0.2) is 26.8 Å². The molecule has 0 unspecified atom stereocenters. The summed E-state index contributed by atoms with van der Waals surface area (Å²) in [4.78, 5) is 20.5. The van der Waals surface area contributed by atoms with E-state index in [1.54, 1.807) is 0 Å². The van der Waals surface area contributed by atoms with Crippen LogP contribution in [0.15, 0.2) is 70.7 Å². The summed E-state index contributed by atoms with van der Waals surface area (Å²) in [5.74, 6) is -0.204. The number of nitrogens with zero attached hydrogens (tertiary/aromatic N) is 3. The molecule has 0 saturated carbocycles. The fourth-order valence-corrected chi connectivity index (χ4v) is 6.35. The van der Waals surface area contributed by atoms with Crippen LogP contribution in [-0.4, -0.2) is 57.2 Å². The van der Waals surface area contributed by atoms with Gasteiger partial charge in [0.05, 0.1) is 16.9 Å². The van der Waals surface area contributed by atoms with Crippen LogP contribution >= 0.6 is 0 Å². The average Bonchev–Trinajstić information content (AvgIpc) is 3.19. The van der Waals surface area contributed by atoms with Crippen LogP contribution in [0.1, 0.15) is 36.0 Å². The number of benzene rings is 2. The van der Waals surface area contributed by atoms with E-state index in [4.69, 9.17) is 4.74 Å². The van der Waals surface area contributed by atoms with Crippen molar-refractivity contribution in [3.8, 4) is 5.88 Å². The first-order valence-electron chi connectivity index (χ1n) is 11.6. The number of anilines is 2. The molecule has 0 aliphatic carbocycles. The zero-order chi connectivity index (χ0) is 26.5. The summed E-state index contributed by atoms with van der Waals surface area (Å²) in [5, 5.41) is 2.68. The molecule has 1 saturated heterocycles. The molecule has 4 rings (SSSR count). The maximum atomic E-state index is 12.9. The number of sulfonamides is 2. The van der Waals surface area contributed by atoms with Crippen LogP contribution in [0.25, 0.3) is 0 Å². The summed E-state index contributed by atoms with van der Waals surface area (Å²) in [6.45, 7) is 0.998. The third-order valence-corrected chi connectivity index (χ3v) is 9.12. The molecule has 0 atom stereocenters. The molecule has 37 heavy (non-hydrogen) atoms. The van der Waals surface area contributed by atoms with Gasteiger partial charge < -0.3 is 10.1 Å². The van der Waals surface area contributed by atoms with E-state index in [1.807, 2.05) is 0 Å². The largest absolute Gasteiger partial charge is 0.481 e. The highest BCUT2D eigenvalue weighted by molar-refractivity contribution is 7.92. The molecule has 1 aliphatic rings. The summed E-state index contributed by atoms with van der Waals surface area (Å²) in [6.07, 6.45) is 4.89. The van der Waals surface area contributed by atoms with E-state index >= 15 is 0 Å². The van der Waals surface area contributed by atoms with Gasteiger partial charge >= 0.3 is 0 Å². The van der Waals surface area contributed by atoms with E-state index in [9.17, 15) is 21.6 Å². The van der Waals surface area contributed by atoms with Gasteiger partial charge in [-0.1, -0.05) is 12.8 Å². The third kappa shape index (κ3) is 6.42. The fraction of sp³-hybridized carbons (Fsp3) is 0.292. The number of aromatic nitrogens is 2. The molecule has 1 aromatic heterocycles. The molecule has 0 spiro atoms. The van der Waals surface area contributed by atoms with Gasteiger partial charge in [0.2, 0.25) is 15.9 Å². The van der Waals surface area contributed by atoms with Crippen LogP contribution in [0.3, 0.4) is 0 Å². The summed E-state index contributed by atoms with van der Waals surface area (Å²) >= 11 is 0. The monoisotopic (exact) mass is 545 g/mol. The van der Waals surface area contributed by atoms with Crippen molar-refractivity contribution >= 4 is 37.5 Å². The Morgan fingerprint density at radius 3 is 2.11 bits per heavy atom. The van der Waals surface area contributed by atoms with Crippen molar-refractivity contribution in [1.82, 2.24) is 14.3 Å². The number of rotatable bonds is 8. The summed E-state index contributed by atoms with van der Waals surface area (Å²) < 4.78 is 60.0. The first kappa shape index (κ1) is 26.5. The lowest BCUT2D eigenvalue weighted by atomic mass is 10.2. The van der Waals surface area contributed by atoms with E-state index in [0.717, 1.165) is 25.7 Å². The van der Waals surface area contributed by atoms with Crippen molar-refractivity contribution in [1.29, 1.82) is 0 Å². The number of nitrogens with one attached hydrogen (secondary N) is 2. The lowest BCUT2D eigenvalue weighted by Crippen LogP contribution is -2.31. The first-order valence-corrected chi connectivity index (χ1v) is 14.5. The van der Waals surface area contributed by atoms with Gasteiger partial charge in [0.1, 0.15) is 12.1 Å². The summed E-state index contributed by atoms with van der Waals surface area (Å²) in [5.41, 5.74) is 0.639. The molecule has 11 nitrogen and oxygen atoms in total. The Bertz CT molecular complexity index is 1450. The van der Waals surface area contributed by atoms with Crippen molar-refractivity contribution in [3.63, 3.8) is 0 Å². The van der Waals surface area contributed by atoms with Gasteiger partial charge in [-0.15, -0.1) is 0 Å². The lowest BCUT2D eigenvalue weighted by molar-refractivity contribution is 0.102. The van der Waals surface area contributed by atoms with Crippen molar-refractivity contribution in [2.75, 3.05) is 30.2 Å². The standard InChI is InChI=1S/C24H27N5O6S2/c1-35-23-16-22(25-17-26-23)28-36(31,32)20-12-8-19(9-13-20)27-24(30)18-6-10-21(11-7-18)37(33,34)29-14-4-2-3-5-15-29/h6-13,16-17H,2-5,14-15H2,1H3,(H,27,30)(H,25,26,28). The third-order valence-electron chi connectivity index (χ3n) is 5.83. The Morgan fingerprint density at radius 2 is 1.49 bits per heavy atom. The van der Waals surface area contributed by atoms with Gasteiger partial charge in [-0.2, -0.15) is 4.31 Å². The second-order valence-corrected chi connectivity index (χ2v) is 12.0. The molecular formula is C24H27N5O6S2. The highest BCUT2D eigenvalue weighted by Crippen LogP contribution is 2.22. The van der Waals surface area contributed by atoms with Gasteiger partial charge in [-0.05, 0) is 61.4 Å². The quantitative estimate of drug-likeness (QED) is 0.439. The molecule has 2 heterocycles. The Kier molecular flexibility index (Phi) is 8.05. The molecule has 3 aromatic rings. The SMILES string of the molecule is COc1cc(NS(=O)(=O)c2ccc(NC(=O)c3ccc(S(=O)(=O)N4CCCCCC4)cc3)cc2)ncn1. The second-order valence-electron chi connectivity index (χ2n) is 8.37. The minimum absolute atomic E-state index is 0.0360. The van der Waals surface area contributed by atoms with Crippen molar-refractivity contribution in [3.05, 3.63) is 66.5 Å². The fourth-order valence-electron chi connectivity index (χ4n) is 3.83. The van der Waals surface area contributed by atoms with Crippen molar-refractivity contribution in [2.45, 2.75) is 35.5 Å². The smallest absolute Gasteiger partial charge is 0.263 e. The molecule has 1 fully saturated rings. The number of ether oxygens (including phenoxy) is 1. The number of methoxy groups -OCH3 is 1. The molecule has 196 valence electrons. The number of amides is 1. The van der Waals surface area contributed by atoms with Crippen molar-refractivity contribution < 1.29 is 26.4 Å². The van der Waals surface area contributed by atoms with E-state index in [2.05, 4.69) is 20.0 Å². The minimum atomic E-state index is -3.94. The Morgan fingerprint density at radius 1 is 0.865 bits per heavy atom. The molecule has 2 aromatic carbocycles. The Hall–Kier alpha value is -3.55.